The summed E-state index contributed by atoms with van der Waals surface area (Å²) in [4.78, 5) is 7.50. The monoisotopic (exact) mass is 349 g/mol. The van der Waals surface area contributed by atoms with Crippen LogP contribution in [0.4, 0.5) is 0 Å². The predicted octanol–water partition coefficient (Wildman–Crippen LogP) is 2.61. The maximum atomic E-state index is 12.2. The summed E-state index contributed by atoms with van der Waals surface area (Å²) < 4.78 is 30.1. The molecule has 1 saturated carbocycles. The first-order chi connectivity index (χ1) is 9.03. The van der Waals surface area contributed by atoms with Crippen molar-refractivity contribution in [2.45, 2.75) is 36.7 Å². The molecule has 0 heterocycles. The average molecular weight is 350 g/mol. The Balaban J connectivity index is 2.16. The summed E-state index contributed by atoms with van der Waals surface area (Å²) >= 11 is 3.25. The molecule has 2 rings (SSSR count). The van der Waals surface area contributed by atoms with Crippen molar-refractivity contribution in [1.29, 1.82) is 0 Å². The van der Waals surface area contributed by atoms with Crippen LogP contribution in [0.15, 0.2) is 27.6 Å². The molecule has 1 aromatic rings. The third-order valence-electron chi connectivity index (χ3n) is 3.04. The van der Waals surface area contributed by atoms with Crippen LogP contribution in [-0.4, -0.2) is 21.6 Å². The van der Waals surface area contributed by atoms with Crippen molar-refractivity contribution in [3.05, 3.63) is 22.7 Å². The highest BCUT2D eigenvalue weighted by Gasteiger charge is 2.23. The number of benzene rings is 1. The minimum atomic E-state index is -3.74. The maximum absolute atomic E-state index is 12.2. The topological polar surface area (TPSA) is 64.6 Å². The average Bonchev–Trinajstić information content (AvgIpc) is 2.89. The zero-order valence-electron chi connectivity index (χ0n) is 10.6. The second kappa shape index (κ2) is 6.21. The third-order valence-corrected chi connectivity index (χ3v) is 4.75. The van der Waals surface area contributed by atoms with Crippen molar-refractivity contribution in [3.63, 3.8) is 0 Å². The fourth-order valence-corrected chi connectivity index (χ4v) is 3.61. The molecule has 1 aromatic carbocycles. The Morgan fingerprint density at radius 2 is 2.00 bits per heavy atom. The van der Waals surface area contributed by atoms with Crippen LogP contribution >= 0.6 is 15.9 Å². The number of methoxy groups -OCH3 is 1. The predicted molar refractivity (Wildman–Crippen MR) is 74.4 cm³/mol. The van der Waals surface area contributed by atoms with Gasteiger partial charge in [0, 0.05) is 4.47 Å². The van der Waals surface area contributed by atoms with Crippen molar-refractivity contribution >= 4 is 26.0 Å². The van der Waals surface area contributed by atoms with Crippen molar-refractivity contribution in [2.75, 3.05) is 7.11 Å². The molecule has 7 heteroatoms. The highest BCUT2D eigenvalue weighted by Crippen LogP contribution is 2.27. The number of nitrogens with one attached hydrogen (secondary N) is 1. The Morgan fingerprint density at radius 1 is 1.32 bits per heavy atom. The molecule has 0 radical (unpaired) electrons. The molecule has 0 spiro atoms. The Hall–Kier alpha value is -0.630. The zero-order valence-corrected chi connectivity index (χ0v) is 13.0. The molecular formula is C12H16BrNO4S. The molecule has 106 valence electrons. The van der Waals surface area contributed by atoms with E-state index in [-0.39, 0.29) is 16.7 Å². The lowest BCUT2D eigenvalue weighted by Crippen LogP contribution is -2.28. The fraction of sp³-hybridized carbons (Fsp3) is 0.500. The minimum Gasteiger partial charge on any atom is -0.495 e. The molecule has 1 aliphatic carbocycles. The van der Waals surface area contributed by atoms with Gasteiger partial charge < -0.3 is 4.74 Å². The van der Waals surface area contributed by atoms with E-state index in [0.29, 0.717) is 4.47 Å². The molecule has 0 aliphatic heterocycles. The van der Waals surface area contributed by atoms with Crippen molar-refractivity contribution in [3.8, 4) is 5.75 Å². The standard InChI is InChI=1S/C12H16BrNO4S/c1-17-11-7-6-9(13)8-12(11)19(15,16)14-18-10-4-2-3-5-10/h6-8,10,14H,2-5H2,1H3. The van der Waals surface area contributed by atoms with Crippen LogP contribution in [0.2, 0.25) is 0 Å². The van der Waals surface area contributed by atoms with Crippen LogP contribution in [0.3, 0.4) is 0 Å². The number of hydrogen-bond donors (Lipinski definition) is 1. The minimum absolute atomic E-state index is 0.0343. The van der Waals surface area contributed by atoms with Crippen LogP contribution in [0.1, 0.15) is 25.7 Å². The Kier molecular flexibility index (Phi) is 4.83. The normalized spacial score (nSPS) is 16.7. The fourth-order valence-electron chi connectivity index (χ4n) is 2.04. The van der Waals surface area contributed by atoms with E-state index in [1.807, 2.05) is 0 Å². The van der Waals surface area contributed by atoms with Crippen molar-refractivity contribution in [1.82, 2.24) is 4.89 Å². The molecule has 0 bridgehead atoms. The molecule has 1 fully saturated rings. The molecule has 0 unspecified atom stereocenters. The van der Waals surface area contributed by atoms with Crippen molar-refractivity contribution in [2.24, 2.45) is 0 Å². The summed E-state index contributed by atoms with van der Waals surface area (Å²) in [5.74, 6) is 0.283. The van der Waals surface area contributed by atoms with Gasteiger partial charge in [-0.15, -0.1) is 0 Å². The summed E-state index contributed by atoms with van der Waals surface area (Å²) in [5, 5.41) is 0. The lowest BCUT2D eigenvalue weighted by molar-refractivity contribution is 0.0223. The quantitative estimate of drug-likeness (QED) is 0.829. The molecule has 0 aromatic heterocycles. The van der Waals surface area contributed by atoms with Gasteiger partial charge in [0.1, 0.15) is 10.6 Å². The van der Waals surface area contributed by atoms with E-state index in [1.54, 1.807) is 12.1 Å². The number of sulfonamides is 1. The van der Waals surface area contributed by atoms with Gasteiger partial charge in [0.15, 0.2) is 0 Å². The summed E-state index contributed by atoms with van der Waals surface area (Å²) in [6.45, 7) is 0. The van der Waals surface area contributed by atoms with E-state index in [2.05, 4.69) is 20.8 Å². The van der Waals surface area contributed by atoms with Gasteiger partial charge in [0.25, 0.3) is 10.0 Å². The van der Waals surface area contributed by atoms with E-state index in [1.165, 1.54) is 13.2 Å². The molecule has 0 atom stereocenters. The third kappa shape index (κ3) is 3.68. The van der Waals surface area contributed by atoms with Gasteiger partial charge in [-0.05, 0) is 31.0 Å². The lowest BCUT2D eigenvalue weighted by Gasteiger charge is -2.14. The van der Waals surface area contributed by atoms with E-state index in [0.717, 1.165) is 25.7 Å². The number of ether oxygens (including phenoxy) is 1. The van der Waals surface area contributed by atoms with E-state index in [9.17, 15) is 8.42 Å². The number of rotatable bonds is 5. The van der Waals surface area contributed by atoms with Crippen LogP contribution in [0, 0.1) is 0 Å². The van der Waals surface area contributed by atoms with Gasteiger partial charge in [-0.25, -0.2) is 8.42 Å². The second-order valence-corrected chi connectivity index (χ2v) is 6.94. The molecule has 19 heavy (non-hydrogen) atoms. The SMILES string of the molecule is COc1ccc(Br)cc1S(=O)(=O)NOC1CCCC1. The lowest BCUT2D eigenvalue weighted by atomic mass is 10.3. The van der Waals surface area contributed by atoms with E-state index in [4.69, 9.17) is 9.57 Å². The highest BCUT2D eigenvalue weighted by atomic mass is 79.9. The Labute approximate surface area is 121 Å². The summed E-state index contributed by atoms with van der Waals surface area (Å²) in [6.07, 6.45) is 3.89. The van der Waals surface area contributed by atoms with Gasteiger partial charge in [0.05, 0.1) is 13.2 Å². The zero-order chi connectivity index (χ0) is 13.9. The smallest absolute Gasteiger partial charge is 0.266 e. The van der Waals surface area contributed by atoms with Gasteiger partial charge in [-0.2, -0.15) is 0 Å². The number of halogens is 1. The molecule has 0 amide bonds. The van der Waals surface area contributed by atoms with Crippen LogP contribution < -0.4 is 9.62 Å². The molecule has 1 aliphatic rings. The molecular weight excluding hydrogens is 334 g/mol. The largest absolute Gasteiger partial charge is 0.495 e. The van der Waals surface area contributed by atoms with Gasteiger partial charge in [-0.3, -0.25) is 4.84 Å². The van der Waals surface area contributed by atoms with Crippen LogP contribution in [-0.2, 0) is 14.9 Å². The first-order valence-electron chi connectivity index (χ1n) is 6.04. The maximum Gasteiger partial charge on any atom is 0.266 e. The van der Waals surface area contributed by atoms with Crippen LogP contribution in [0.25, 0.3) is 0 Å². The van der Waals surface area contributed by atoms with Crippen molar-refractivity contribution < 1.29 is 18.0 Å². The summed E-state index contributed by atoms with van der Waals surface area (Å²) in [7, 11) is -2.31. The van der Waals surface area contributed by atoms with Gasteiger partial charge in [-0.1, -0.05) is 33.7 Å². The van der Waals surface area contributed by atoms with Gasteiger partial charge >= 0.3 is 0 Å². The summed E-state index contributed by atoms with van der Waals surface area (Å²) in [6, 6.07) is 4.79. The molecule has 5 nitrogen and oxygen atoms in total. The number of hydrogen-bond acceptors (Lipinski definition) is 4. The van der Waals surface area contributed by atoms with Crippen LogP contribution in [0.5, 0.6) is 5.75 Å². The van der Waals surface area contributed by atoms with E-state index >= 15 is 0 Å². The highest BCUT2D eigenvalue weighted by molar-refractivity contribution is 9.10. The van der Waals surface area contributed by atoms with Gasteiger partial charge in [0.2, 0.25) is 0 Å². The van der Waals surface area contributed by atoms with E-state index < -0.39 is 10.0 Å². The Morgan fingerprint density at radius 3 is 2.63 bits per heavy atom. The molecule has 1 N–H and O–H groups in total. The summed E-state index contributed by atoms with van der Waals surface area (Å²) in [5.41, 5.74) is 0. The second-order valence-electron chi connectivity index (χ2n) is 4.41. The molecule has 0 saturated heterocycles. The first kappa shape index (κ1) is 14.8. The Bertz CT molecular complexity index is 541. The first-order valence-corrected chi connectivity index (χ1v) is 8.31.